The van der Waals surface area contributed by atoms with Crippen molar-refractivity contribution in [2.75, 3.05) is 55.7 Å². The van der Waals surface area contributed by atoms with Gasteiger partial charge < -0.3 is 20.0 Å². The van der Waals surface area contributed by atoms with E-state index in [1.807, 2.05) is 40.3 Å². The van der Waals surface area contributed by atoms with Crippen molar-refractivity contribution in [1.82, 2.24) is 19.5 Å². The number of benzene rings is 2. The molecule has 2 fully saturated rings. The predicted octanol–water partition coefficient (Wildman–Crippen LogP) is 2.00. The number of carbonyl (C=O) groups is 2. The molecule has 0 aliphatic carbocycles. The van der Waals surface area contributed by atoms with Gasteiger partial charge in [-0.25, -0.2) is 8.42 Å². The fourth-order valence-electron chi connectivity index (χ4n) is 5.50. The van der Waals surface area contributed by atoms with Crippen LogP contribution in [0.2, 0.25) is 0 Å². The number of anilines is 2. The van der Waals surface area contributed by atoms with Crippen LogP contribution in [0.4, 0.5) is 11.4 Å². The molecule has 202 valence electrons. The monoisotopic (exact) mass is 546 g/mol. The third kappa shape index (κ3) is 4.95. The lowest BCUT2D eigenvalue weighted by molar-refractivity contribution is -0.135. The average Bonchev–Trinajstić information content (AvgIpc) is 3.49. The number of sulfonamides is 1. The predicted molar refractivity (Wildman–Crippen MR) is 148 cm³/mol. The van der Waals surface area contributed by atoms with Crippen LogP contribution < -0.4 is 15.1 Å². The second-order valence-electron chi connectivity index (χ2n) is 9.99. The Morgan fingerprint density at radius 2 is 1.72 bits per heavy atom. The van der Waals surface area contributed by atoms with E-state index in [1.54, 1.807) is 30.5 Å². The molecule has 10 nitrogen and oxygen atoms in total. The van der Waals surface area contributed by atoms with E-state index in [2.05, 4.69) is 21.3 Å². The zero-order chi connectivity index (χ0) is 27.0. The van der Waals surface area contributed by atoms with Crippen LogP contribution in [0.25, 0.3) is 10.9 Å². The summed E-state index contributed by atoms with van der Waals surface area (Å²) in [6.45, 7) is 3.48. The smallest absolute Gasteiger partial charge is 0.246 e. The van der Waals surface area contributed by atoms with Crippen molar-refractivity contribution in [1.29, 1.82) is 0 Å². The Hall–Kier alpha value is -3.96. The first-order valence-corrected chi connectivity index (χ1v) is 14.5. The Kier molecular flexibility index (Phi) is 6.69. The fraction of sp³-hybridized carbons (Fsp3) is 0.321. The maximum Gasteiger partial charge on any atom is 0.246 e. The Balaban J connectivity index is 1.07. The molecule has 1 N–H and O–H groups in total. The highest BCUT2D eigenvalue weighted by Crippen LogP contribution is 2.29. The highest BCUT2D eigenvalue weighted by atomic mass is 32.2. The number of rotatable bonds is 5. The minimum atomic E-state index is -3.72. The number of amides is 2. The standard InChI is InChI=1S/C28H30N6O4S/c35-27-11-13-33(20-30-27)22-5-7-23(8-6-22)39(37,38)34-14-10-21(19-34)28(36)32-17-15-31(16-18-32)26-9-12-29-25-4-2-1-3-24(25)26/h1-9,11-13,21H,10,14-20H2,(H,30,35). The molecule has 39 heavy (non-hydrogen) atoms. The van der Waals surface area contributed by atoms with Crippen LogP contribution >= 0.6 is 0 Å². The fourth-order valence-corrected chi connectivity index (χ4v) is 7.00. The van der Waals surface area contributed by atoms with E-state index in [0.29, 0.717) is 32.7 Å². The summed E-state index contributed by atoms with van der Waals surface area (Å²) < 4.78 is 28.1. The summed E-state index contributed by atoms with van der Waals surface area (Å²) in [6.07, 6.45) is 5.43. The number of fused-ring (bicyclic) bond motifs is 1. The minimum Gasteiger partial charge on any atom is -0.367 e. The van der Waals surface area contributed by atoms with Crippen LogP contribution in [0.15, 0.2) is 78.0 Å². The van der Waals surface area contributed by atoms with Crippen LogP contribution in [0.5, 0.6) is 0 Å². The van der Waals surface area contributed by atoms with E-state index in [-0.39, 0.29) is 29.2 Å². The number of pyridine rings is 1. The summed E-state index contributed by atoms with van der Waals surface area (Å²) in [5.74, 6) is -0.469. The molecule has 0 bridgehead atoms. The molecule has 2 amide bonds. The largest absolute Gasteiger partial charge is 0.367 e. The first-order valence-electron chi connectivity index (χ1n) is 13.1. The molecule has 3 aliphatic rings. The van der Waals surface area contributed by atoms with Gasteiger partial charge in [0, 0.05) is 74.5 Å². The molecular weight excluding hydrogens is 516 g/mol. The maximum absolute atomic E-state index is 13.3. The Morgan fingerprint density at radius 1 is 0.949 bits per heavy atom. The van der Waals surface area contributed by atoms with Crippen molar-refractivity contribution in [3.05, 3.63) is 73.1 Å². The molecule has 2 aromatic carbocycles. The van der Waals surface area contributed by atoms with E-state index >= 15 is 0 Å². The number of piperazine rings is 1. The minimum absolute atomic E-state index is 0.0289. The number of hydrogen-bond donors (Lipinski definition) is 1. The van der Waals surface area contributed by atoms with Crippen LogP contribution in [0, 0.1) is 5.92 Å². The van der Waals surface area contributed by atoms with Gasteiger partial charge in [0.25, 0.3) is 0 Å². The van der Waals surface area contributed by atoms with Gasteiger partial charge in [0.2, 0.25) is 21.8 Å². The van der Waals surface area contributed by atoms with Crippen LogP contribution in [-0.2, 0) is 19.6 Å². The Morgan fingerprint density at radius 3 is 2.46 bits per heavy atom. The van der Waals surface area contributed by atoms with E-state index < -0.39 is 10.0 Å². The molecule has 4 heterocycles. The topological polar surface area (TPSA) is 106 Å². The second kappa shape index (κ2) is 10.3. The first-order chi connectivity index (χ1) is 18.9. The van der Waals surface area contributed by atoms with Crippen molar-refractivity contribution >= 4 is 44.1 Å². The van der Waals surface area contributed by atoms with Gasteiger partial charge in [-0.3, -0.25) is 14.6 Å². The highest BCUT2D eigenvalue weighted by molar-refractivity contribution is 7.89. The van der Waals surface area contributed by atoms with Crippen LogP contribution in [-0.4, -0.2) is 80.4 Å². The second-order valence-corrected chi connectivity index (χ2v) is 11.9. The lowest BCUT2D eigenvalue weighted by atomic mass is 10.1. The van der Waals surface area contributed by atoms with Crippen molar-refractivity contribution in [3.63, 3.8) is 0 Å². The molecule has 1 atom stereocenters. The molecule has 3 aliphatic heterocycles. The Bertz CT molecular complexity index is 1530. The molecule has 2 saturated heterocycles. The van der Waals surface area contributed by atoms with Crippen LogP contribution in [0.3, 0.4) is 0 Å². The lowest BCUT2D eigenvalue weighted by Crippen LogP contribution is -2.50. The van der Waals surface area contributed by atoms with Crippen molar-refractivity contribution < 1.29 is 18.0 Å². The highest BCUT2D eigenvalue weighted by Gasteiger charge is 2.38. The van der Waals surface area contributed by atoms with Crippen molar-refractivity contribution in [2.45, 2.75) is 11.3 Å². The van der Waals surface area contributed by atoms with E-state index in [4.69, 9.17) is 0 Å². The van der Waals surface area contributed by atoms with E-state index in [9.17, 15) is 18.0 Å². The van der Waals surface area contributed by atoms with Crippen LogP contribution in [0.1, 0.15) is 6.42 Å². The molecule has 11 heteroatoms. The maximum atomic E-state index is 13.3. The normalized spacial score (nSPS) is 20.5. The molecule has 0 radical (unpaired) electrons. The summed E-state index contributed by atoms with van der Waals surface area (Å²) >= 11 is 0. The van der Waals surface area contributed by atoms with Gasteiger partial charge in [-0.2, -0.15) is 4.31 Å². The lowest BCUT2D eigenvalue weighted by Gasteiger charge is -2.37. The zero-order valence-corrected chi connectivity index (χ0v) is 22.3. The zero-order valence-electron chi connectivity index (χ0n) is 21.4. The van der Waals surface area contributed by atoms with Gasteiger partial charge in [0.15, 0.2) is 0 Å². The van der Waals surface area contributed by atoms with Gasteiger partial charge in [-0.05, 0) is 42.8 Å². The summed E-state index contributed by atoms with van der Waals surface area (Å²) in [4.78, 5) is 35.3. The van der Waals surface area contributed by atoms with Gasteiger partial charge in [0.1, 0.15) is 0 Å². The van der Waals surface area contributed by atoms with Gasteiger partial charge in [-0.1, -0.05) is 18.2 Å². The number of nitrogens with zero attached hydrogens (tertiary/aromatic N) is 5. The van der Waals surface area contributed by atoms with Crippen molar-refractivity contribution in [2.24, 2.45) is 5.92 Å². The Labute approximate surface area is 227 Å². The molecule has 0 saturated carbocycles. The number of carbonyl (C=O) groups excluding carboxylic acids is 2. The van der Waals surface area contributed by atoms with Crippen molar-refractivity contribution in [3.8, 4) is 0 Å². The summed E-state index contributed by atoms with van der Waals surface area (Å²) in [7, 11) is -3.72. The molecule has 1 aromatic heterocycles. The molecule has 0 spiro atoms. The van der Waals surface area contributed by atoms with Gasteiger partial charge in [-0.15, -0.1) is 0 Å². The number of aromatic nitrogens is 1. The van der Waals surface area contributed by atoms with Gasteiger partial charge >= 0.3 is 0 Å². The van der Waals surface area contributed by atoms with Gasteiger partial charge in [0.05, 0.1) is 23.0 Å². The number of para-hydroxylation sites is 1. The van der Waals surface area contributed by atoms with E-state index in [1.165, 1.54) is 10.4 Å². The molecule has 1 unspecified atom stereocenters. The number of hydrogen-bond acceptors (Lipinski definition) is 7. The summed E-state index contributed by atoms with van der Waals surface area (Å²) in [6, 6.07) is 16.7. The third-order valence-corrected chi connectivity index (χ3v) is 9.57. The van der Waals surface area contributed by atoms with E-state index in [0.717, 1.165) is 35.4 Å². The summed E-state index contributed by atoms with van der Waals surface area (Å²) in [5, 5.41) is 3.81. The first kappa shape index (κ1) is 25.3. The number of nitrogens with one attached hydrogen (secondary N) is 1. The molecule has 3 aromatic rings. The quantitative estimate of drug-likeness (QED) is 0.522. The molecule has 6 rings (SSSR count). The average molecular weight is 547 g/mol. The SMILES string of the molecule is O=C1C=CN(c2ccc(S(=O)(=O)N3CCC(C(=O)N4CCN(c5ccnc6ccccc56)CC4)C3)cc2)CN1. The summed E-state index contributed by atoms with van der Waals surface area (Å²) in [5.41, 5.74) is 2.85. The third-order valence-electron chi connectivity index (χ3n) is 7.69. The molecular formula is C28H30N6O4S.